The van der Waals surface area contributed by atoms with Crippen LogP contribution in [0.15, 0.2) is 34.9 Å². The smallest absolute Gasteiger partial charge is 0.252 e. The van der Waals surface area contributed by atoms with E-state index in [-0.39, 0.29) is 0 Å². The SMILES string of the molecule is Cc1ccc(CNc2ncccc2C(N)=O)o1. The van der Waals surface area contributed by atoms with Gasteiger partial charge in [0.15, 0.2) is 0 Å². The van der Waals surface area contributed by atoms with E-state index < -0.39 is 5.91 Å². The maximum absolute atomic E-state index is 11.2. The predicted octanol–water partition coefficient (Wildman–Crippen LogP) is 1.69. The van der Waals surface area contributed by atoms with Crippen LogP contribution in [0.4, 0.5) is 5.82 Å². The minimum absolute atomic E-state index is 0.371. The quantitative estimate of drug-likeness (QED) is 0.839. The van der Waals surface area contributed by atoms with Gasteiger partial charge in [0.25, 0.3) is 5.91 Å². The highest BCUT2D eigenvalue weighted by Gasteiger charge is 2.08. The van der Waals surface area contributed by atoms with Crippen LogP contribution in [0.25, 0.3) is 0 Å². The van der Waals surface area contributed by atoms with Gasteiger partial charge < -0.3 is 15.5 Å². The molecule has 0 bridgehead atoms. The lowest BCUT2D eigenvalue weighted by atomic mass is 10.2. The molecule has 5 nitrogen and oxygen atoms in total. The van der Waals surface area contributed by atoms with Crippen molar-refractivity contribution < 1.29 is 9.21 Å². The molecular formula is C12H13N3O2. The standard InChI is InChI=1S/C12H13N3O2/c1-8-4-5-9(17-8)7-15-12-10(11(13)16)3-2-6-14-12/h2-6H,7H2,1H3,(H2,13,16)(H,14,15). The summed E-state index contributed by atoms with van der Waals surface area (Å²) in [7, 11) is 0. The van der Waals surface area contributed by atoms with Crippen molar-refractivity contribution in [2.24, 2.45) is 5.73 Å². The van der Waals surface area contributed by atoms with E-state index in [1.165, 1.54) is 0 Å². The summed E-state index contributed by atoms with van der Waals surface area (Å²) in [5.74, 6) is 1.59. The molecule has 2 aromatic heterocycles. The Hall–Kier alpha value is -2.30. The summed E-state index contributed by atoms with van der Waals surface area (Å²) in [5, 5.41) is 3.02. The number of aromatic nitrogens is 1. The lowest BCUT2D eigenvalue weighted by Gasteiger charge is -2.06. The van der Waals surface area contributed by atoms with Crippen molar-refractivity contribution in [3.8, 4) is 0 Å². The lowest BCUT2D eigenvalue weighted by Crippen LogP contribution is -2.15. The summed E-state index contributed by atoms with van der Waals surface area (Å²) in [6.07, 6.45) is 1.60. The first-order valence-corrected chi connectivity index (χ1v) is 5.21. The van der Waals surface area contributed by atoms with Crippen LogP contribution in [0, 0.1) is 6.92 Å². The number of amides is 1. The van der Waals surface area contributed by atoms with Gasteiger partial charge in [-0.2, -0.15) is 0 Å². The van der Waals surface area contributed by atoms with Crippen LogP contribution in [-0.2, 0) is 6.54 Å². The van der Waals surface area contributed by atoms with Crippen molar-refractivity contribution in [2.75, 3.05) is 5.32 Å². The molecule has 88 valence electrons. The van der Waals surface area contributed by atoms with E-state index in [0.717, 1.165) is 11.5 Å². The summed E-state index contributed by atoms with van der Waals surface area (Å²) < 4.78 is 5.40. The number of anilines is 1. The number of carbonyl (C=O) groups is 1. The molecule has 0 aliphatic heterocycles. The molecule has 0 spiro atoms. The molecule has 0 aromatic carbocycles. The number of carbonyl (C=O) groups excluding carboxylic acids is 1. The van der Waals surface area contributed by atoms with Gasteiger partial charge in [-0.25, -0.2) is 4.98 Å². The molecule has 0 aliphatic carbocycles. The number of primary amides is 1. The molecule has 0 radical (unpaired) electrons. The summed E-state index contributed by atoms with van der Waals surface area (Å²) in [6, 6.07) is 7.05. The van der Waals surface area contributed by atoms with E-state index in [1.807, 2.05) is 19.1 Å². The zero-order valence-electron chi connectivity index (χ0n) is 9.43. The number of hydrogen-bond acceptors (Lipinski definition) is 4. The fourth-order valence-electron chi connectivity index (χ4n) is 1.50. The van der Waals surface area contributed by atoms with Crippen molar-refractivity contribution in [1.82, 2.24) is 4.98 Å². The summed E-state index contributed by atoms with van der Waals surface area (Å²) in [6.45, 7) is 2.34. The van der Waals surface area contributed by atoms with Crippen molar-refractivity contribution >= 4 is 11.7 Å². The Balaban J connectivity index is 2.11. The van der Waals surface area contributed by atoms with Crippen molar-refractivity contribution in [3.05, 3.63) is 47.5 Å². The number of aryl methyl sites for hydroxylation is 1. The van der Waals surface area contributed by atoms with Crippen molar-refractivity contribution in [2.45, 2.75) is 13.5 Å². The first-order chi connectivity index (χ1) is 8.16. The number of rotatable bonds is 4. The number of nitrogens with two attached hydrogens (primary N) is 1. The molecule has 2 rings (SSSR count). The molecule has 0 atom stereocenters. The maximum Gasteiger partial charge on any atom is 0.252 e. The second-order valence-corrected chi connectivity index (χ2v) is 3.63. The van der Waals surface area contributed by atoms with Crippen molar-refractivity contribution in [3.63, 3.8) is 0 Å². The molecule has 0 saturated heterocycles. The molecule has 2 heterocycles. The van der Waals surface area contributed by atoms with Crippen LogP contribution < -0.4 is 11.1 Å². The monoisotopic (exact) mass is 231 g/mol. The second-order valence-electron chi connectivity index (χ2n) is 3.63. The third-order valence-corrected chi connectivity index (χ3v) is 2.30. The average molecular weight is 231 g/mol. The summed E-state index contributed by atoms with van der Waals surface area (Å²) in [4.78, 5) is 15.2. The maximum atomic E-state index is 11.2. The van der Waals surface area contributed by atoms with Crippen LogP contribution >= 0.6 is 0 Å². The van der Waals surface area contributed by atoms with Crippen LogP contribution in [0.1, 0.15) is 21.9 Å². The van der Waals surface area contributed by atoms with Gasteiger partial charge in [-0.3, -0.25) is 4.79 Å². The normalized spacial score (nSPS) is 10.2. The van der Waals surface area contributed by atoms with Gasteiger partial charge >= 0.3 is 0 Å². The van der Waals surface area contributed by atoms with Gasteiger partial charge in [-0.15, -0.1) is 0 Å². The van der Waals surface area contributed by atoms with Crippen LogP contribution in [0.2, 0.25) is 0 Å². The van der Waals surface area contributed by atoms with Gasteiger partial charge in [0.1, 0.15) is 17.3 Å². The fraction of sp³-hybridized carbons (Fsp3) is 0.167. The number of nitrogens with zero attached hydrogens (tertiary/aromatic N) is 1. The Morgan fingerprint density at radius 3 is 2.94 bits per heavy atom. The van der Waals surface area contributed by atoms with Gasteiger partial charge in [0, 0.05) is 6.20 Å². The van der Waals surface area contributed by atoms with E-state index in [2.05, 4.69) is 10.3 Å². The molecule has 3 N–H and O–H groups in total. The summed E-state index contributed by atoms with van der Waals surface area (Å²) in [5.41, 5.74) is 5.62. The largest absolute Gasteiger partial charge is 0.465 e. The summed E-state index contributed by atoms with van der Waals surface area (Å²) >= 11 is 0. The van der Waals surface area contributed by atoms with Gasteiger partial charge in [-0.1, -0.05) is 0 Å². The zero-order chi connectivity index (χ0) is 12.3. The minimum Gasteiger partial charge on any atom is -0.465 e. The van der Waals surface area contributed by atoms with Crippen LogP contribution in [0.3, 0.4) is 0 Å². The second kappa shape index (κ2) is 4.69. The van der Waals surface area contributed by atoms with E-state index in [9.17, 15) is 4.79 Å². The average Bonchev–Trinajstić information content (AvgIpc) is 2.73. The molecule has 2 aromatic rings. The van der Waals surface area contributed by atoms with Gasteiger partial charge in [-0.05, 0) is 31.2 Å². The van der Waals surface area contributed by atoms with Crippen LogP contribution in [0.5, 0.6) is 0 Å². The Bertz CT molecular complexity index is 534. The molecule has 0 fully saturated rings. The topological polar surface area (TPSA) is 81.1 Å². The first-order valence-electron chi connectivity index (χ1n) is 5.21. The highest BCUT2D eigenvalue weighted by molar-refractivity contribution is 5.97. The molecule has 0 saturated carbocycles. The Morgan fingerprint density at radius 2 is 2.29 bits per heavy atom. The predicted molar refractivity (Wildman–Crippen MR) is 63.5 cm³/mol. The highest BCUT2D eigenvalue weighted by Crippen LogP contribution is 2.13. The van der Waals surface area contributed by atoms with Gasteiger partial charge in [0.05, 0.1) is 12.1 Å². The molecule has 17 heavy (non-hydrogen) atoms. The fourth-order valence-corrected chi connectivity index (χ4v) is 1.50. The molecule has 0 unspecified atom stereocenters. The van der Waals surface area contributed by atoms with E-state index in [4.69, 9.17) is 10.2 Å². The van der Waals surface area contributed by atoms with E-state index in [0.29, 0.717) is 17.9 Å². The Morgan fingerprint density at radius 1 is 1.47 bits per heavy atom. The Labute approximate surface area is 98.6 Å². The number of furan rings is 1. The van der Waals surface area contributed by atoms with E-state index >= 15 is 0 Å². The lowest BCUT2D eigenvalue weighted by molar-refractivity contribution is 0.100. The number of nitrogens with one attached hydrogen (secondary N) is 1. The minimum atomic E-state index is -0.503. The van der Waals surface area contributed by atoms with Crippen molar-refractivity contribution in [1.29, 1.82) is 0 Å². The third kappa shape index (κ3) is 2.63. The number of pyridine rings is 1. The Kier molecular flexibility index (Phi) is 3.09. The first kappa shape index (κ1) is 11.2. The van der Waals surface area contributed by atoms with E-state index in [1.54, 1.807) is 18.3 Å². The molecule has 0 aliphatic rings. The molecule has 1 amide bonds. The third-order valence-electron chi connectivity index (χ3n) is 2.30. The highest BCUT2D eigenvalue weighted by atomic mass is 16.3. The van der Waals surface area contributed by atoms with Crippen LogP contribution in [-0.4, -0.2) is 10.9 Å². The number of hydrogen-bond donors (Lipinski definition) is 2. The zero-order valence-corrected chi connectivity index (χ0v) is 9.43. The molecular weight excluding hydrogens is 218 g/mol. The molecule has 5 heteroatoms. The van der Waals surface area contributed by atoms with Gasteiger partial charge in [0.2, 0.25) is 0 Å².